The van der Waals surface area contributed by atoms with Crippen molar-refractivity contribution in [1.82, 2.24) is 15.5 Å². The maximum absolute atomic E-state index is 12.4. The first-order valence-corrected chi connectivity index (χ1v) is 9.79. The molecular weight excluding hydrogens is 401 g/mol. The minimum atomic E-state index is -4.44. The Hall–Kier alpha value is -2.49. The molecule has 7 nitrogen and oxygen atoms in total. The molecule has 0 spiro atoms. The summed E-state index contributed by atoms with van der Waals surface area (Å²) in [4.78, 5) is 17.0. The summed E-state index contributed by atoms with van der Waals surface area (Å²) in [5, 5.41) is 5.74. The molecular formula is C20H31F3N4O3. The van der Waals surface area contributed by atoms with Crippen LogP contribution >= 0.6 is 0 Å². The van der Waals surface area contributed by atoms with E-state index in [0.717, 1.165) is 18.2 Å². The normalized spacial score (nSPS) is 11.9. The zero-order chi connectivity index (χ0) is 22.6. The highest BCUT2D eigenvalue weighted by molar-refractivity contribution is 5.86. The number of rotatable bonds is 11. The van der Waals surface area contributed by atoms with Crippen LogP contribution < -0.4 is 15.4 Å². The monoisotopic (exact) mass is 432 g/mol. The van der Waals surface area contributed by atoms with Crippen LogP contribution in [0.2, 0.25) is 0 Å². The average molecular weight is 432 g/mol. The van der Waals surface area contributed by atoms with Crippen molar-refractivity contribution >= 4 is 11.9 Å². The highest BCUT2D eigenvalue weighted by Gasteiger charge is 2.31. The van der Waals surface area contributed by atoms with E-state index in [1.165, 1.54) is 0 Å². The van der Waals surface area contributed by atoms with Crippen molar-refractivity contribution in [3.8, 4) is 5.75 Å². The van der Waals surface area contributed by atoms with Crippen molar-refractivity contribution in [1.29, 1.82) is 0 Å². The van der Waals surface area contributed by atoms with Gasteiger partial charge < -0.3 is 25.0 Å². The molecule has 0 aliphatic carbocycles. The molecule has 0 aromatic heterocycles. The minimum absolute atomic E-state index is 0.270. The predicted molar refractivity (Wildman–Crippen MR) is 110 cm³/mol. The number of halogens is 3. The summed E-state index contributed by atoms with van der Waals surface area (Å²) in [5.41, 5.74) is 1.88. The second-order valence-electron chi connectivity index (χ2n) is 6.57. The number of nitrogens with zero attached hydrogens (tertiary/aromatic N) is 2. The van der Waals surface area contributed by atoms with Gasteiger partial charge >= 0.3 is 6.18 Å². The van der Waals surface area contributed by atoms with Gasteiger partial charge in [-0.15, -0.1) is 0 Å². The third-order valence-electron chi connectivity index (χ3n) is 3.91. The van der Waals surface area contributed by atoms with E-state index in [9.17, 15) is 18.0 Å². The number of guanidine groups is 1. The summed E-state index contributed by atoms with van der Waals surface area (Å²) in [6.07, 6.45) is -4.44. The molecule has 1 amide bonds. The number of nitrogens with one attached hydrogen (secondary N) is 2. The molecule has 0 unspecified atom stereocenters. The van der Waals surface area contributed by atoms with E-state index < -0.39 is 18.6 Å². The summed E-state index contributed by atoms with van der Waals surface area (Å²) < 4.78 is 48.3. The van der Waals surface area contributed by atoms with Crippen LogP contribution in [0.4, 0.5) is 13.2 Å². The lowest BCUT2D eigenvalue weighted by Gasteiger charge is -2.20. The van der Waals surface area contributed by atoms with E-state index in [2.05, 4.69) is 15.6 Å². The third-order valence-corrected chi connectivity index (χ3v) is 3.91. The van der Waals surface area contributed by atoms with Gasteiger partial charge in [0.1, 0.15) is 18.9 Å². The summed E-state index contributed by atoms with van der Waals surface area (Å²) >= 11 is 0. The van der Waals surface area contributed by atoms with Gasteiger partial charge in [-0.1, -0.05) is 12.1 Å². The molecule has 0 fully saturated rings. The third kappa shape index (κ3) is 10.3. The molecule has 2 N–H and O–H groups in total. The number of hydrogen-bond acceptors (Lipinski definition) is 4. The molecule has 30 heavy (non-hydrogen) atoms. The Morgan fingerprint density at radius 1 is 1.20 bits per heavy atom. The Bertz CT molecular complexity index is 696. The quantitative estimate of drug-likeness (QED) is 0.319. The van der Waals surface area contributed by atoms with E-state index in [0.29, 0.717) is 43.0 Å². The summed E-state index contributed by atoms with van der Waals surface area (Å²) in [6, 6.07) is 5.75. The number of amides is 1. The number of aryl methyl sites for hydroxylation is 1. The first-order chi connectivity index (χ1) is 14.2. The number of alkyl halides is 3. The zero-order valence-corrected chi connectivity index (χ0v) is 17.9. The van der Waals surface area contributed by atoms with Crippen molar-refractivity contribution in [3.05, 3.63) is 29.3 Å². The van der Waals surface area contributed by atoms with E-state index in [1.807, 2.05) is 39.0 Å². The molecule has 0 bridgehead atoms. The Balaban J connectivity index is 2.74. The van der Waals surface area contributed by atoms with Gasteiger partial charge in [-0.3, -0.25) is 4.79 Å². The Labute approximate surface area is 175 Å². The van der Waals surface area contributed by atoms with E-state index in [1.54, 1.807) is 0 Å². The summed E-state index contributed by atoms with van der Waals surface area (Å²) in [5.74, 6) is 0.329. The van der Waals surface area contributed by atoms with Crippen molar-refractivity contribution < 1.29 is 27.4 Å². The first kappa shape index (κ1) is 25.5. The number of aliphatic imine (C=N–C) groups is 1. The molecule has 0 heterocycles. The van der Waals surface area contributed by atoms with Gasteiger partial charge in [0.05, 0.1) is 19.7 Å². The summed E-state index contributed by atoms with van der Waals surface area (Å²) in [7, 11) is 1.11. The molecule has 10 heteroatoms. The fourth-order valence-electron chi connectivity index (χ4n) is 2.44. The molecule has 0 aliphatic heterocycles. The van der Waals surface area contributed by atoms with E-state index in [-0.39, 0.29) is 13.1 Å². The Kier molecular flexibility index (Phi) is 11.0. The van der Waals surface area contributed by atoms with Crippen molar-refractivity contribution in [2.75, 3.05) is 46.5 Å². The SMILES string of the molecule is CCNC(=NCc1ccc(C)cc1OCCOCC)NCC(=O)N(C)CC(F)(F)F. The van der Waals surface area contributed by atoms with Crippen LogP contribution in [0.25, 0.3) is 0 Å². The Morgan fingerprint density at radius 2 is 1.93 bits per heavy atom. The van der Waals surface area contributed by atoms with Gasteiger partial charge in [0.25, 0.3) is 0 Å². The number of carbonyl (C=O) groups excluding carboxylic acids is 1. The molecule has 0 saturated heterocycles. The van der Waals surface area contributed by atoms with E-state index in [4.69, 9.17) is 9.47 Å². The number of benzene rings is 1. The van der Waals surface area contributed by atoms with Gasteiger partial charge in [0.2, 0.25) is 5.91 Å². The van der Waals surface area contributed by atoms with Gasteiger partial charge in [-0.05, 0) is 32.4 Å². The van der Waals surface area contributed by atoms with Gasteiger partial charge in [-0.25, -0.2) is 4.99 Å². The van der Waals surface area contributed by atoms with Gasteiger partial charge in [0.15, 0.2) is 5.96 Å². The molecule has 0 radical (unpaired) electrons. The topological polar surface area (TPSA) is 75.2 Å². The maximum Gasteiger partial charge on any atom is 0.406 e. The van der Waals surface area contributed by atoms with Crippen LogP contribution in [-0.2, 0) is 16.1 Å². The standard InChI is InChI=1S/C20H31F3N4O3/c1-5-24-19(26-13-18(28)27(4)14-20(21,22)23)25-12-16-8-7-15(3)11-17(16)30-10-9-29-6-2/h7-8,11H,5-6,9-10,12-14H2,1-4H3,(H2,24,25,26). The fraction of sp³-hybridized carbons (Fsp3) is 0.600. The number of likely N-dealkylation sites (N-methyl/N-ethyl adjacent to an activating group) is 1. The van der Waals surface area contributed by atoms with Crippen molar-refractivity contribution in [2.45, 2.75) is 33.5 Å². The van der Waals surface area contributed by atoms with E-state index >= 15 is 0 Å². The minimum Gasteiger partial charge on any atom is -0.491 e. The number of hydrogen-bond donors (Lipinski definition) is 2. The zero-order valence-electron chi connectivity index (χ0n) is 17.9. The first-order valence-electron chi connectivity index (χ1n) is 9.79. The lowest BCUT2D eigenvalue weighted by atomic mass is 10.1. The number of ether oxygens (including phenoxy) is 2. The average Bonchev–Trinajstić information content (AvgIpc) is 2.66. The Morgan fingerprint density at radius 3 is 2.57 bits per heavy atom. The van der Waals surface area contributed by atoms with Crippen LogP contribution in [0.1, 0.15) is 25.0 Å². The van der Waals surface area contributed by atoms with Crippen LogP contribution in [0, 0.1) is 6.92 Å². The maximum atomic E-state index is 12.4. The lowest BCUT2D eigenvalue weighted by molar-refractivity contribution is -0.157. The summed E-state index contributed by atoms with van der Waals surface area (Å²) in [6.45, 7) is 6.42. The lowest BCUT2D eigenvalue weighted by Crippen LogP contribution is -2.45. The molecule has 170 valence electrons. The van der Waals surface area contributed by atoms with Crippen molar-refractivity contribution in [2.24, 2.45) is 4.99 Å². The van der Waals surface area contributed by atoms with Gasteiger partial charge in [0, 0.05) is 25.8 Å². The molecule has 0 aliphatic rings. The van der Waals surface area contributed by atoms with Crippen molar-refractivity contribution in [3.63, 3.8) is 0 Å². The molecule has 1 aromatic carbocycles. The second-order valence-corrected chi connectivity index (χ2v) is 6.57. The fourth-order valence-corrected chi connectivity index (χ4v) is 2.44. The molecule has 0 atom stereocenters. The molecule has 0 saturated carbocycles. The second kappa shape index (κ2) is 12.9. The largest absolute Gasteiger partial charge is 0.491 e. The predicted octanol–water partition coefficient (Wildman–Crippen LogP) is 2.49. The highest BCUT2D eigenvalue weighted by Crippen LogP contribution is 2.21. The molecule has 1 rings (SSSR count). The van der Waals surface area contributed by atoms with Crippen LogP contribution in [-0.4, -0.2) is 69.4 Å². The van der Waals surface area contributed by atoms with Gasteiger partial charge in [-0.2, -0.15) is 13.2 Å². The number of carbonyl (C=O) groups is 1. The van der Waals surface area contributed by atoms with Crippen LogP contribution in [0.15, 0.2) is 23.2 Å². The smallest absolute Gasteiger partial charge is 0.406 e. The van der Waals surface area contributed by atoms with Crippen LogP contribution in [0.5, 0.6) is 5.75 Å². The molecule has 1 aromatic rings. The van der Waals surface area contributed by atoms with Crippen LogP contribution in [0.3, 0.4) is 0 Å². The highest BCUT2D eigenvalue weighted by atomic mass is 19.4.